The van der Waals surface area contributed by atoms with E-state index in [4.69, 9.17) is 5.11 Å². The molecule has 0 aliphatic carbocycles. The van der Waals surface area contributed by atoms with Crippen molar-refractivity contribution in [1.82, 2.24) is 4.90 Å². The third kappa shape index (κ3) is 6.38. The summed E-state index contributed by atoms with van der Waals surface area (Å²) < 4.78 is 28.2. The molecule has 1 amide bonds. The molecule has 2 N–H and O–H groups in total. The summed E-state index contributed by atoms with van der Waals surface area (Å²) in [6, 6.07) is 3.98. The van der Waals surface area contributed by atoms with Crippen LogP contribution in [-0.2, 0) is 11.2 Å². The third-order valence-electron chi connectivity index (χ3n) is 5.44. The molecule has 0 spiro atoms. The first-order valence-corrected chi connectivity index (χ1v) is 10.4. The highest BCUT2D eigenvalue weighted by molar-refractivity contribution is 5.89. The number of aryl methyl sites for hydroxylation is 1. The fraction of sp³-hybridized carbons (Fsp3) is 0.500. The minimum atomic E-state index is -3.44. The van der Waals surface area contributed by atoms with Gasteiger partial charge in [0.15, 0.2) is 0 Å². The van der Waals surface area contributed by atoms with Gasteiger partial charge in [-0.15, -0.1) is 11.8 Å². The summed E-state index contributed by atoms with van der Waals surface area (Å²) in [5.41, 5.74) is 1.51. The zero-order valence-corrected chi connectivity index (χ0v) is 18.1. The Hall–Kier alpha value is -2.72. The number of aliphatic hydroxyl groups is 1. The standard InChI is InChI=1S/C24H29F2NO4/c1-4-5-6-7-16(2)21(28)11-9-19-15-24(25,26)23(31)27(19)13-12-18-8-10-20(22(29)30)17(3)14-18/h8-11,14,16,19,21,28H,4,7,12-13,15H2,1-3H3,(H,29,30)/t16?,19-,21?/m0/s1. The summed E-state index contributed by atoms with van der Waals surface area (Å²) in [6.07, 6.45) is 3.01. The average Bonchev–Trinajstić information content (AvgIpc) is 2.92. The fourth-order valence-electron chi connectivity index (χ4n) is 3.54. The molecule has 7 heteroatoms. The Balaban J connectivity index is 2.08. The number of halogens is 2. The number of carbonyl (C=O) groups excluding carboxylic acids is 1. The smallest absolute Gasteiger partial charge is 0.335 e. The number of nitrogens with zero attached hydrogens (tertiary/aromatic N) is 1. The van der Waals surface area contributed by atoms with E-state index >= 15 is 0 Å². The molecule has 5 nitrogen and oxygen atoms in total. The van der Waals surface area contributed by atoms with E-state index in [1.54, 1.807) is 19.1 Å². The number of aromatic carboxylic acids is 1. The number of amides is 1. The Labute approximate surface area is 181 Å². The van der Waals surface area contributed by atoms with Crippen LogP contribution in [0.1, 0.15) is 54.6 Å². The van der Waals surface area contributed by atoms with Crippen LogP contribution in [0.3, 0.4) is 0 Å². The van der Waals surface area contributed by atoms with E-state index in [-0.39, 0.29) is 18.0 Å². The molecule has 1 aliphatic rings. The van der Waals surface area contributed by atoms with Gasteiger partial charge in [-0.05, 0) is 36.5 Å². The average molecular weight is 433 g/mol. The number of benzene rings is 1. The van der Waals surface area contributed by atoms with Gasteiger partial charge in [0.1, 0.15) is 0 Å². The Morgan fingerprint density at radius 1 is 1.39 bits per heavy atom. The summed E-state index contributed by atoms with van der Waals surface area (Å²) >= 11 is 0. The molecule has 31 heavy (non-hydrogen) atoms. The summed E-state index contributed by atoms with van der Waals surface area (Å²) in [5.74, 6) is 0.0384. The maximum absolute atomic E-state index is 14.1. The van der Waals surface area contributed by atoms with Crippen LogP contribution in [0.25, 0.3) is 0 Å². The first kappa shape index (κ1) is 24.5. The van der Waals surface area contributed by atoms with Gasteiger partial charge in [-0.1, -0.05) is 38.1 Å². The number of alkyl halides is 2. The van der Waals surface area contributed by atoms with Crippen LogP contribution in [0.4, 0.5) is 8.78 Å². The highest BCUT2D eigenvalue weighted by Gasteiger charge is 2.52. The Bertz CT molecular complexity index is 901. The van der Waals surface area contributed by atoms with Crippen LogP contribution < -0.4 is 0 Å². The molecule has 2 unspecified atom stereocenters. The lowest BCUT2D eigenvalue weighted by molar-refractivity contribution is -0.148. The van der Waals surface area contributed by atoms with Crippen molar-refractivity contribution in [3.63, 3.8) is 0 Å². The molecule has 0 bridgehead atoms. The molecule has 1 heterocycles. The fourth-order valence-corrected chi connectivity index (χ4v) is 3.54. The molecule has 3 atom stereocenters. The van der Waals surface area contributed by atoms with Crippen LogP contribution in [0, 0.1) is 24.7 Å². The monoisotopic (exact) mass is 433 g/mol. The number of hydrogen-bond donors (Lipinski definition) is 2. The number of carboxylic acids is 1. The molecule has 2 rings (SSSR count). The Kier molecular flexibility index (Phi) is 8.35. The number of carboxylic acid groups (broad SMARTS) is 1. The lowest BCUT2D eigenvalue weighted by atomic mass is 9.99. The van der Waals surface area contributed by atoms with E-state index in [1.165, 1.54) is 18.2 Å². The van der Waals surface area contributed by atoms with Crippen molar-refractivity contribution in [2.75, 3.05) is 6.54 Å². The number of likely N-dealkylation sites (tertiary alicyclic amines) is 1. The molecule has 1 aromatic rings. The SMILES string of the molecule is CCC#CCC(C)C(O)C=C[C@H]1CC(F)(F)C(=O)N1CCc1ccc(C(=O)O)c(C)c1. The second kappa shape index (κ2) is 10.5. The lowest BCUT2D eigenvalue weighted by Crippen LogP contribution is -2.37. The van der Waals surface area contributed by atoms with Gasteiger partial charge in [0, 0.05) is 25.8 Å². The zero-order valence-electron chi connectivity index (χ0n) is 18.1. The van der Waals surface area contributed by atoms with E-state index < -0.39 is 36.4 Å². The van der Waals surface area contributed by atoms with Crippen molar-refractivity contribution in [3.05, 3.63) is 47.0 Å². The molecule has 168 valence electrons. The zero-order chi connectivity index (χ0) is 23.2. The van der Waals surface area contributed by atoms with Crippen molar-refractivity contribution >= 4 is 11.9 Å². The van der Waals surface area contributed by atoms with Crippen LogP contribution in [0.5, 0.6) is 0 Å². The predicted octanol–water partition coefficient (Wildman–Crippen LogP) is 3.83. The second-order valence-electron chi connectivity index (χ2n) is 7.94. The number of carbonyl (C=O) groups is 2. The molecule has 1 aliphatic heterocycles. The summed E-state index contributed by atoms with van der Waals surface area (Å²) in [5, 5.41) is 19.4. The van der Waals surface area contributed by atoms with Gasteiger partial charge in [-0.3, -0.25) is 4.79 Å². The van der Waals surface area contributed by atoms with Crippen molar-refractivity contribution < 1.29 is 28.6 Å². The molecule has 1 aromatic carbocycles. The molecule has 1 fully saturated rings. The minimum absolute atomic E-state index is 0.0723. The van der Waals surface area contributed by atoms with Gasteiger partial charge in [0.25, 0.3) is 5.91 Å². The lowest BCUT2D eigenvalue weighted by Gasteiger charge is -2.22. The van der Waals surface area contributed by atoms with Crippen molar-refractivity contribution in [2.45, 2.75) is 64.5 Å². The maximum atomic E-state index is 14.1. The molecule has 0 saturated carbocycles. The van der Waals surface area contributed by atoms with Crippen LogP contribution in [-0.4, -0.2) is 51.6 Å². The summed E-state index contributed by atoms with van der Waals surface area (Å²) in [7, 11) is 0. The third-order valence-corrected chi connectivity index (χ3v) is 5.44. The van der Waals surface area contributed by atoms with Crippen molar-refractivity contribution in [1.29, 1.82) is 0 Å². The van der Waals surface area contributed by atoms with Gasteiger partial charge < -0.3 is 15.1 Å². The van der Waals surface area contributed by atoms with E-state index in [9.17, 15) is 23.5 Å². The highest BCUT2D eigenvalue weighted by atomic mass is 19.3. The van der Waals surface area contributed by atoms with Crippen LogP contribution in [0.2, 0.25) is 0 Å². The maximum Gasteiger partial charge on any atom is 0.335 e. The van der Waals surface area contributed by atoms with Crippen molar-refractivity contribution in [3.8, 4) is 11.8 Å². The van der Waals surface area contributed by atoms with E-state index in [1.807, 2.05) is 13.8 Å². The number of rotatable bonds is 8. The number of hydrogen-bond acceptors (Lipinski definition) is 3. The van der Waals surface area contributed by atoms with Gasteiger partial charge in [0.05, 0.1) is 17.7 Å². The van der Waals surface area contributed by atoms with E-state index in [0.29, 0.717) is 18.4 Å². The van der Waals surface area contributed by atoms with Gasteiger partial charge in [-0.2, -0.15) is 8.78 Å². The van der Waals surface area contributed by atoms with E-state index in [2.05, 4.69) is 11.8 Å². The number of aliphatic hydroxyl groups excluding tert-OH is 1. The first-order valence-electron chi connectivity index (χ1n) is 10.4. The van der Waals surface area contributed by atoms with Gasteiger partial charge in [-0.25, -0.2) is 4.79 Å². The molecule has 1 saturated heterocycles. The largest absolute Gasteiger partial charge is 0.478 e. The predicted molar refractivity (Wildman–Crippen MR) is 114 cm³/mol. The van der Waals surface area contributed by atoms with Crippen molar-refractivity contribution in [2.24, 2.45) is 5.92 Å². The molecule has 0 aromatic heterocycles. The quantitative estimate of drug-likeness (QED) is 0.483. The highest BCUT2D eigenvalue weighted by Crippen LogP contribution is 2.34. The molecular formula is C24H29F2NO4. The Morgan fingerprint density at radius 2 is 2.10 bits per heavy atom. The first-order chi connectivity index (χ1) is 14.6. The van der Waals surface area contributed by atoms with Crippen LogP contribution in [0.15, 0.2) is 30.4 Å². The normalized spacial score (nSPS) is 19.9. The minimum Gasteiger partial charge on any atom is -0.478 e. The van der Waals surface area contributed by atoms with Crippen LogP contribution >= 0.6 is 0 Å². The summed E-state index contributed by atoms with van der Waals surface area (Å²) in [4.78, 5) is 24.5. The molecular weight excluding hydrogens is 404 g/mol. The summed E-state index contributed by atoms with van der Waals surface area (Å²) in [6.45, 7) is 5.50. The Morgan fingerprint density at radius 3 is 2.71 bits per heavy atom. The topological polar surface area (TPSA) is 77.8 Å². The van der Waals surface area contributed by atoms with Gasteiger partial charge >= 0.3 is 11.9 Å². The second-order valence-corrected chi connectivity index (χ2v) is 7.94. The van der Waals surface area contributed by atoms with Gasteiger partial charge in [0.2, 0.25) is 0 Å². The van der Waals surface area contributed by atoms with E-state index in [0.717, 1.165) is 16.9 Å². The molecule has 0 radical (unpaired) electrons.